The molecule has 2 aromatic heterocycles. The Morgan fingerprint density at radius 1 is 1.17 bits per heavy atom. The molecular formula is C22H23N3O3S. The van der Waals surface area contributed by atoms with Gasteiger partial charge in [-0.15, -0.1) is 0 Å². The molecule has 0 spiro atoms. The zero-order valence-corrected chi connectivity index (χ0v) is 17.7. The summed E-state index contributed by atoms with van der Waals surface area (Å²) in [5.41, 5.74) is 3.98. The number of aromatic nitrogens is 2. The van der Waals surface area contributed by atoms with Gasteiger partial charge in [-0.1, -0.05) is 47.7 Å². The van der Waals surface area contributed by atoms with Crippen molar-refractivity contribution < 1.29 is 14.3 Å². The lowest BCUT2D eigenvalue weighted by atomic mass is 10.1. The Hall–Kier alpha value is -2.90. The second-order valence-electron chi connectivity index (χ2n) is 7.75. The molecule has 7 heteroatoms. The van der Waals surface area contributed by atoms with E-state index in [1.54, 1.807) is 7.11 Å². The van der Waals surface area contributed by atoms with E-state index >= 15 is 0 Å². The van der Waals surface area contributed by atoms with Gasteiger partial charge in [0.1, 0.15) is 5.60 Å². The van der Waals surface area contributed by atoms with E-state index in [1.165, 1.54) is 11.3 Å². The molecule has 0 atom stereocenters. The number of nitrogens with zero attached hydrogens (tertiary/aromatic N) is 2. The van der Waals surface area contributed by atoms with Crippen molar-refractivity contribution in [2.75, 3.05) is 12.4 Å². The number of benzene rings is 2. The zero-order valence-electron chi connectivity index (χ0n) is 16.9. The van der Waals surface area contributed by atoms with Crippen molar-refractivity contribution in [1.29, 1.82) is 0 Å². The molecule has 1 amide bonds. The molecule has 0 aliphatic heterocycles. The highest BCUT2D eigenvalue weighted by atomic mass is 32.1. The average Bonchev–Trinajstić information content (AvgIpc) is 3.21. The van der Waals surface area contributed by atoms with Crippen LogP contribution >= 0.6 is 11.3 Å². The molecule has 2 aromatic carbocycles. The number of rotatable bonds is 4. The van der Waals surface area contributed by atoms with Gasteiger partial charge in [0.25, 0.3) is 0 Å². The summed E-state index contributed by atoms with van der Waals surface area (Å²) in [7, 11) is 1.63. The van der Waals surface area contributed by atoms with Crippen molar-refractivity contribution in [2.45, 2.75) is 33.0 Å². The van der Waals surface area contributed by atoms with E-state index in [9.17, 15) is 4.79 Å². The number of imidazole rings is 1. The first-order valence-corrected chi connectivity index (χ1v) is 10.2. The monoisotopic (exact) mass is 409 g/mol. The van der Waals surface area contributed by atoms with Crippen LogP contribution in [0.5, 0.6) is 0 Å². The second-order valence-corrected chi connectivity index (χ2v) is 8.73. The molecule has 0 bridgehead atoms. The molecule has 1 N–H and O–H groups in total. The lowest BCUT2D eigenvalue weighted by Gasteiger charge is -2.20. The van der Waals surface area contributed by atoms with Gasteiger partial charge >= 0.3 is 6.09 Å². The van der Waals surface area contributed by atoms with Gasteiger partial charge in [-0.3, -0.25) is 9.72 Å². The van der Waals surface area contributed by atoms with Crippen molar-refractivity contribution in [2.24, 2.45) is 0 Å². The molecule has 0 fully saturated rings. The smallest absolute Gasteiger partial charge is 0.412 e. The summed E-state index contributed by atoms with van der Waals surface area (Å²) in [5.74, 6) is 0. The molecule has 0 radical (unpaired) electrons. The molecule has 150 valence electrons. The van der Waals surface area contributed by atoms with Crippen LogP contribution in [0.15, 0.2) is 48.7 Å². The first-order valence-electron chi connectivity index (χ1n) is 9.33. The first-order chi connectivity index (χ1) is 13.9. The highest BCUT2D eigenvalue weighted by molar-refractivity contribution is 7.24. The summed E-state index contributed by atoms with van der Waals surface area (Å²) in [6.07, 6.45) is 1.54. The highest BCUT2D eigenvalue weighted by Gasteiger charge is 2.21. The van der Waals surface area contributed by atoms with E-state index in [-0.39, 0.29) is 0 Å². The van der Waals surface area contributed by atoms with Crippen molar-refractivity contribution in [1.82, 2.24) is 9.38 Å². The fraction of sp³-hybridized carbons (Fsp3) is 0.273. The summed E-state index contributed by atoms with van der Waals surface area (Å²) in [5, 5.41) is 2.92. The number of fused-ring (bicyclic) bond motifs is 3. The number of amides is 1. The SMILES string of the molecule is COCc1ccc2c(sc3nc(-c4ccccc4)cn32)c1NC(=O)OC(C)(C)C. The van der Waals surface area contributed by atoms with Crippen molar-refractivity contribution in [3.8, 4) is 11.3 Å². The quantitative estimate of drug-likeness (QED) is 0.469. The number of ether oxygens (including phenoxy) is 2. The number of carbonyl (C=O) groups is 1. The Kier molecular flexibility index (Phi) is 5.02. The molecule has 0 saturated heterocycles. The summed E-state index contributed by atoms with van der Waals surface area (Å²) < 4.78 is 13.8. The molecule has 4 aromatic rings. The number of carbonyl (C=O) groups excluding carboxylic acids is 1. The minimum Gasteiger partial charge on any atom is -0.444 e. The first kappa shape index (κ1) is 19.4. The average molecular weight is 410 g/mol. The van der Waals surface area contributed by atoms with Crippen LogP contribution < -0.4 is 5.32 Å². The maximum Gasteiger partial charge on any atom is 0.412 e. The number of thiazole rings is 1. The lowest BCUT2D eigenvalue weighted by Crippen LogP contribution is -2.27. The molecule has 29 heavy (non-hydrogen) atoms. The Bertz CT molecular complexity index is 1170. The van der Waals surface area contributed by atoms with Crippen LogP contribution in [-0.4, -0.2) is 28.2 Å². The predicted molar refractivity (Wildman–Crippen MR) is 117 cm³/mol. The van der Waals surface area contributed by atoms with Gasteiger partial charge in [-0.25, -0.2) is 9.78 Å². The molecular weight excluding hydrogens is 386 g/mol. The van der Waals surface area contributed by atoms with Gasteiger partial charge in [-0.2, -0.15) is 0 Å². The standard InChI is InChI=1S/C22H23N3O3S/c1-22(2,3)28-21(26)24-18-15(13-27-4)10-11-17-19(18)29-20-23-16(12-25(17)20)14-8-6-5-7-9-14/h5-12H,13H2,1-4H3,(H,24,26). The van der Waals surface area contributed by atoms with E-state index in [0.29, 0.717) is 12.3 Å². The molecule has 2 heterocycles. The predicted octanol–water partition coefficient (Wildman–Crippen LogP) is 5.71. The minimum atomic E-state index is -0.575. The topological polar surface area (TPSA) is 64.9 Å². The van der Waals surface area contributed by atoms with Crippen LogP contribution in [0, 0.1) is 0 Å². The maximum atomic E-state index is 12.4. The fourth-order valence-electron chi connectivity index (χ4n) is 3.17. The molecule has 0 saturated carbocycles. The van der Waals surface area contributed by atoms with Crippen LogP contribution in [0.1, 0.15) is 26.3 Å². The van der Waals surface area contributed by atoms with Crippen molar-refractivity contribution in [3.63, 3.8) is 0 Å². The molecule has 4 rings (SSSR count). The largest absolute Gasteiger partial charge is 0.444 e. The summed E-state index contributed by atoms with van der Waals surface area (Å²) in [6.45, 7) is 5.91. The maximum absolute atomic E-state index is 12.4. The van der Waals surface area contributed by atoms with E-state index in [2.05, 4.69) is 9.72 Å². The van der Waals surface area contributed by atoms with Crippen LogP contribution in [0.3, 0.4) is 0 Å². The van der Waals surface area contributed by atoms with E-state index in [1.807, 2.05) is 69.4 Å². The van der Waals surface area contributed by atoms with E-state index in [4.69, 9.17) is 14.5 Å². The molecule has 6 nitrogen and oxygen atoms in total. The molecule has 0 aliphatic rings. The van der Waals surface area contributed by atoms with Crippen LogP contribution in [0.25, 0.3) is 26.4 Å². The van der Waals surface area contributed by atoms with E-state index < -0.39 is 11.7 Å². The molecule has 0 unspecified atom stereocenters. The van der Waals surface area contributed by atoms with Crippen LogP contribution in [0.2, 0.25) is 0 Å². The number of hydrogen-bond acceptors (Lipinski definition) is 5. The normalized spacial score (nSPS) is 11.9. The summed E-state index contributed by atoms with van der Waals surface area (Å²) >= 11 is 1.53. The van der Waals surface area contributed by atoms with Crippen LogP contribution in [-0.2, 0) is 16.1 Å². The Morgan fingerprint density at radius 3 is 2.62 bits per heavy atom. The van der Waals surface area contributed by atoms with Crippen molar-refractivity contribution >= 4 is 38.3 Å². The zero-order chi connectivity index (χ0) is 20.6. The van der Waals surface area contributed by atoms with Gasteiger partial charge in [0.15, 0.2) is 4.96 Å². The van der Waals surface area contributed by atoms with Crippen molar-refractivity contribution in [3.05, 3.63) is 54.2 Å². The molecule has 0 aliphatic carbocycles. The van der Waals surface area contributed by atoms with Crippen LogP contribution in [0.4, 0.5) is 10.5 Å². The summed E-state index contributed by atoms with van der Waals surface area (Å²) in [6, 6.07) is 14.1. The number of nitrogens with one attached hydrogen (secondary N) is 1. The Morgan fingerprint density at radius 2 is 1.93 bits per heavy atom. The number of methoxy groups -OCH3 is 1. The Labute approximate surface area is 173 Å². The minimum absolute atomic E-state index is 0.385. The van der Waals surface area contributed by atoms with Gasteiger partial charge in [0.05, 0.1) is 28.2 Å². The second kappa shape index (κ2) is 7.50. The third kappa shape index (κ3) is 3.97. The number of hydrogen-bond donors (Lipinski definition) is 1. The van der Waals surface area contributed by atoms with Gasteiger partial charge in [-0.05, 0) is 26.8 Å². The van der Waals surface area contributed by atoms with E-state index in [0.717, 1.165) is 32.0 Å². The summed E-state index contributed by atoms with van der Waals surface area (Å²) in [4.78, 5) is 18.1. The Balaban J connectivity index is 1.80. The fourth-order valence-corrected chi connectivity index (χ4v) is 4.30. The van der Waals surface area contributed by atoms with Gasteiger partial charge < -0.3 is 9.47 Å². The van der Waals surface area contributed by atoms with Gasteiger partial charge in [0.2, 0.25) is 0 Å². The van der Waals surface area contributed by atoms with Gasteiger partial charge in [0, 0.05) is 24.4 Å². The lowest BCUT2D eigenvalue weighted by molar-refractivity contribution is 0.0635. The third-order valence-corrected chi connectivity index (χ3v) is 5.43. The third-order valence-electron chi connectivity index (χ3n) is 4.34. The highest BCUT2D eigenvalue weighted by Crippen LogP contribution is 2.36. The number of anilines is 1.